The van der Waals surface area contributed by atoms with Gasteiger partial charge in [0.25, 0.3) is 0 Å². The van der Waals surface area contributed by atoms with Crippen molar-refractivity contribution in [2.75, 3.05) is 5.32 Å². The van der Waals surface area contributed by atoms with Crippen molar-refractivity contribution in [3.8, 4) is 27.4 Å². The third-order valence-electron chi connectivity index (χ3n) is 4.99. The van der Waals surface area contributed by atoms with E-state index >= 15 is 0 Å². The van der Waals surface area contributed by atoms with Gasteiger partial charge in [0.2, 0.25) is 0 Å². The first-order valence-corrected chi connectivity index (χ1v) is 10.2. The molecule has 1 aromatic carbocycles. The van der Waals surface area contributed by atoms with Crippen LogP contribution < -0.4 is 5.32 Å². The van der Waals surface area contributed by atoms with E-state index in [4.69, 9.17) is 4.98 Å². The van der Waals surface area contributed by atoms with Crippen LogP contribution in [-0.4, -0.2) is 16.1 Å². The van der Waals surface area contributed by atoms with E-state index in [1.54, 1.807) is 12.1 Å². The van der Waals surface area contributed by atoms with E-state index in [9.17, 15) is 5.11 Å². The molecule has 0 bridgehead atoms. The van der Waals surface area contributed by atoms with Crippen molar-refractivity contribution in [1.29, 1.82) is 0 Å². The summed E-state index contributed by atoms with van der Waals surface area (Å²) in [6.45, 7) is 2.19. The number of hydrogen-bond acceptors (Lipinski definition) is 4. The van der Waals surface area contributed by atoms with E-state index in [0.29, 0.717) is 6.04 Å². The number of phenolic OH excluding ortho intramolecular Hbond substituents is 1. The Morgan fingerprint density at radius 2 is 1.81 bits per heavy atom. The Kier molecular flexibility index (Phi) is 4.93. The number of aromatic nitrogens is 1. The second kappa shape index (κ2) is 7.50. The number of phenols is 1. The van der Waals surface area contributed by atoms with Gasteiger partial charge in [-0.2, -0.15) is 0 Å². The van der Waals surface area contributed by atoms with Crippen LogP contribution in [0.2, 0.25) is 0 Å². The summed E-state index contributed by atoms with van der Waals surface area (Å²) in [5, 5.41) is 13.2. The van der Waals surface area contributed by atoms with Crippen molar-refractivity contribution in [2.45, 2.75) is 45.1 Å². The summed E-state index contributed by atoms with van der Waals surface area (Å²) in [6, 6.07) is 16.6. The maximum atomic E-state index is 9.58. The Morgan fingerprint density at radius 1 is 1.04 bits per heavy atom. The maximum Gasteiger partial charge on any atom is 0.127 e. The van der Waals surface area contributed by atoms with Gasteiger partial charge in [-0.05, 0) is 73.4 Å². The number of nitrogens with one attached hydrogen (secondary N) is 1. The van der Waals surface area contributed by atoms with E-state index in [2.05, 4.69) is 36.5 Å². The predicted molar refractivity (Wildman–Crippen MR) is 110 cm³/mol. The molecule has 134 valence electrons. The number of rotatable bonds is 5. The fourth-order valence-corrected chi connectivity index (χ4v) is 4.46. The van der Waals surface area contributed by atoms with Gasteiger partial charge in [0.05, 0.1) is 5.69 Å². The smallest absolute Gasteiger partial charge is 0.127 e. The molecule has 0 unspecified atom stereocenters. The molecule has 2 N–H and O–H groups in total. The number of aromatic hydroxyl groups is 1. The number of pyridine rings is 1. The minimum atomic E-state index is 0.278. The number of nitrogens with zero attached hydrogens (tertiary/aromatic N) is 1. The molecular formula is C22H24N2OS. The molecular weight excluding hydrogens is 340 g/mol. The standard InChI is InChI=1S/C22H24N2OS/c1-2-19-11-12-21(26-19)16-13-20(15-7-9-18(25)10-8-15)24-22(14-16)23-17-5-3-4-6-17/h7-14,17,25H,2-6H2,1H3,(H,23,24). The van der Waals surface area contributed by atoms with E-state index in [1.165, 1.54) is 41.0 Å². The predicted octanol–water partition coefficient (Wildman–Crippen LogP) is 6.10. The van der Waals surface area contributed by atoms with Gasteiger partial charge in [0.1, 0.15) is 11.6 Å². The highest BCUT2D eigenvalue weighted by Crippen LogP contribution is 2.34. The highest BCUT2D eigenvalue weighted by atomic mass is 32.1. The summed E-state index contributed by atoms with van der Waals surface area (Å²) in [7, 11) is 0. The molecule has 2 heterocycles. The molecule has 0 aliphatic heterocycles. The van der Waals surface area contributed by atoms with Crippen molar-refractivity contribution < 1.29 is 5.11 Å². The molecule has 0 radical (unpaired) electrons. The molecule has 1 aliphatic carbocycles. The van der Waals surface area contributed by atoms with Crippen molar-refractivity contribution in [2.24, 2.45) is 0 Å². The minimum absolute atomic E-state index is 0.278. The topological polar surface area (TPSA) is 45.2 Å². The number of hydrogen-bond donors (Lipinski definition) is 2. The van der Waals surface area contributed by atoms with E-state index in [0.717, 1.165) is 23.5 Å². The summed E-state index contributed by atoms with van der Waals surface area (Å²) in [5.41, 5.74) is 3.16. The lowest BCUT2D eigenvalue weighted by atomic mass is 10.1. The quantitative estimate of drug-likeness (QED) is 0.575. The molecule has 0 amide bonds. The molecule has 0 saturated heterocycles. The Morgan fingerprint density at radius 3 is 2.50 bits per heavy atom. The van der Waals surface area contributed by atoms with E-state index in [1.807, 2.05) is 23.5 Å². The minimum Gasteiger partial charge on any atom is -0.508 e. The second-order valence-electron chi connectivity index (χ2n) is 6.92. The number of anilines is 1. The first-order chi connectivity index (χ1) is 12.7. The normalized spacial score (nSPS) is 14.7. The molecule has 0 spiro atoms. The molecule has 3 aromatic rings. The first-order valence-electron chi connectivity index (χ1n) is 9.38. The lowest BCUT2D eigenvalue weighted by Gasteiger charge is -2.15. The van der Waals surface area contributed by atoms with Crippen LogP contribution in [0.1, 0.15) is 37.5 Å². The summed E-state index contributed by atoms with van der Waals surface area (Å²) in [4.78, 5) is 7.53. The molecule has 4 heteroatoms. The van der Waals surface area contributed by atoms with Crippen molar-refractivity contribution in [3.63, 3.8) is 0 Å². The lowest BCUT2D eigenvalue weighted by Crippen LogP contribution is -2.15. The summed E-state index contributed by atoms with van der Waals surface area (Å²) in [6.07, 6.45) is 6.10. The highest BCUT2D eigenvalue weighted by molar-refractivity contribution is 7.15. The van der Waals surface area contributed by atoms with Crippen molar-refractivity contribution >= 4 is 17.2 Å². The SMILES string of the molecule is CCc1ccc(-c2cc(NC3CCCC3)nc(-c3ccc(O)cc3)c2)s1. The Balaban J connectivity index is 1.74. The zero-order valence-electron chi connectivity index (χ0n) is 15.0. The van der Waals surface area contributed by atoms with Crippen LogP contribution in [0, 0.1) is 0 Å². The number of thiophene rings is 1. The van der Waals surface area contributed by atoms with Crippen LogP contribution in [0.3, 0.4) is 0 Å². The molecule has 4 rings (SSSR count). The van der Waals surface area contributed by atoms with Gasteiger partial charge in [-0.1, -0.05) is 19.8 Å². The molecule has 26 heavy (non-hydrogen) atoms. The van der Waals surface area contributed by atoms with Crippen LogP contribution in [-0.2, 0) is 6.42 Å². The lowest BCUT2D eigenvalue weighted by molar-refractivity contribution is 0.475. The molecule has 2 aromatic heterocycles. The number of aryl methyl sites for hydroxylation is 1. The van der Waals surface area contributed by atoms with Crippen molar-refractivity contribution in [3.05, 3.63) is 53.4 Å². The summed E-state index contributed by atoms with van der Waals surface area (Å²) < 4.78 is 0. The fraction of sp³-hybridized carbons (Fsp3) is 0.318. The van der Waals surface area contributed by atoms with Gasteiger partial charge >= 0.3 is 0 Å². The van der Waals surface area contributed by atoms with Crippen molar-refractivity contribution in [1.82, 2.24) is 4.98 Å². The van der Waals surface area contributed by atoms with Gasteiger partial charge < -0.3 is 10.4 Å². The number of benzene rings is 1. The highest BCUT2D eigenvalue weighted by Gasteiger charge is 2.16. The van der Waals surface area contributed by atoms with Crippen LogP contribution in [0.15, 0.2) is 48.5 Å². The Hall–Kier alpha value is -2.33. The van der Waals surface area contributed by atoms with Gasteiger partial charge in [0.15, 0.2) is 0 Å². The van der Waals surface area contributed by atoms with Gasteiger partial charge in [-0.15, -0.1) is 11.3 Å². The molecule has 0 atom stereocenters. The van der Waals surface area contributed by atoms with E-state index < -0.39 is 0 Å². The van der Waals surface area contributed by atoms with Crippen LogP contribution >= 0.6 is 11.3 Å². The van der Waals surface area contributed by atoms with Gasteiger partial charge in [-0.25, -0.2) is 4.98 Å². The monoisotopic (exact) mass is 364 g/mol. The second-order valence-corrected chi connectivity index (χ2v) is 8.09. The fourth-order valence-electron chi connectivity index (χ4n) is 3.53. The molecule has 1 fully saturated rings. The average Bonchev–Trinajstić information content (AvgIpc) is 3.33. The third-order valence-corrected chi connectivity index (χ3v) is 6.27. The van der Waals surface area contributed by atoms with Crippen LogP contribution in [0.4, 0.5) is 5.82 Å². The zero-order valence-corrected chi connectivity index (χ0v) is 15.9. The first kappa shape index (κ1) is 17.1. The molecule has 1 aliphatic rings. The van der Waals surface area contributed by atoms with Crippen LogP contribution in [0.25, 0.3) is 21.7 Å². The average molecular weight is 365 g/mol. The Labute approximate surface area is 158 Å². The summed E-state index contributed by atoms with van der Waals surface area (Å²) in [5.74, 6) is 1.23. The summed E-state index contributed by atoms with van der Waals surface area (Å²) >= 11 is 1.85. The third kappa shape index (κ3) is 3.75. The zero-order chi connectivity index (χ0) is 17.9. The van der Waals surface area contributed by atoms with Gasteiger partial charge in [0, 0.05) is 21.4 Å². The molecule has 3 nitrogen and oxygen atoms in total. The maximum absolute atomic E-state index is 9.58. The Bertz CT molecular complexity index is 879. The molecule has 1 saturated carbocycles. The van der Waals surface area contributed by atoms with E-state index in [-0.39, 0.29) is 5.75 Å². The van der Waals surface area contributed by atoms with Gasteiger partial charge in [-0.3, -0.25) is 0 Å². The largest absolute Gasteiger partial charge is 0.508 e. The van der Waals surface area contributed by atoms with Crippen LogP contribution in [0.5, 0.6) is 5.75 Å².